The lowest BCUT2D eigenvalue weighted by molar-refractivity contribution is -0.119. The second-order valence-corrected chi connectivity index (χ2v) is 6.01. The summed E-state index contributed by atoms with van der Waals surface area (Å²) in [5.41, 5.74) is 0.851. The number of carbonyl (C=O) groups is 1. The van der Waals surface area contributed by atoms with Gasteiger partial charge in [-0.2, -0.15) is 0 Å². The second-order valence-electron chi connectivity index (χ2n) is 6.01. The number of ether oxygens (including phenoxy) is 2. The maximum atomic E-state index is 12.7. The molecule has 3 rings (SSSR count). The third-order valence-corrected chi connectivity index (χ3v) is 4.57. The zero-order valence-electron chi connectivity index (χ0n) is 13.2. The Morgan fingerprint density at radius 1 is 1.36 bits per heavy atom. The summed E-state index contributed by atoms with van der Waals surface area (Å²) in [7, 11) is 1.63. The number of nitrogens with one attached hydrogen (secondary N) is 1. The number of hydrogen-bond donors (Lipinski definition) is 1. The molecule has 1 N–H and O–H groups in total. The summed E-state index contributed by atoms with van der Waals surface area (Å²) in [4.78, 5) is 14.5. The average molecular weight is 304 g/mol. The molecule has 0 aromatic heterocycles. The molecule has 3 atom stereocenters. The third-order valence-electron chi connectivity index (χ3n) is 4.57. The Balaban J connectivity index is 1.66. The molecular weight excluding hydrogens is 280 g/mol. The SMILES string of the molecule is COc1ccccc1N1CCC(NC(C)C2CCCO2)C1=O. The molecule has 0 spiro atoms. The van der Waals surface area contributed by atoms with Crippen LogP contribution in [0.3, 0.4) is 0 Å². The fourth-order valence-corrected chi connectivity index (χ4v) is 3.35. The molecule has 2 fully saturated rings. The fraction of sp³-hybridized carbons (Fsp3) is 0.588. The minimum atomic E-state index is -0.135. The number of carbonyl (C=O) groups excluding carboxylic acids is 1. The first-order valence-electron chi connectivity index (χ1n) is 8.02. The van der Waals surface area contributed by atoms with Crippen LogP contribution in [0, 0.1) is 0 Å². The number of anilines is 1. The van der Waals surface area contributed by atoms with E-state index in [9.17, 15) is 4.79 Å². The molecule has 0 radical (unpaired) electrons. The van der Waals surface area contributed by atoms with Crippen molar-refractivity contribution in [2.24, 2.45) is 0 Å². The largest absolute Gasteiger partial charge is 0.495 e. The van der Waals surface area contributed by atoms with Gasteiger partial charge in [0.15, 0.2) is 0 Å². The van der Waals surface area contributed by atoms with Crippen molar-refractivity contribution >= 4 is 11.6 Å². The van der Waals surface area contributed by atoms with Crippen molar-refractivity contribution in [1.82, 2.24) is 5.32 Å². The molecule has 3 unspecified atom stereocenters. The minimum absolute atomic E-state index is 0.120. The van der Waals surface area contributed by atoms with Gasteiger partial charge < -0.3 is 19.7 Å². The van der Waals surface area contributed by atoms with E-state index in [1.807, 2.05) is 29.2 Å². The van der Waals surface area contributed by atoms with Crippen LogP contribution in [0.1, 0.15) is 26.2 Å². The molecular formula is C17H24N2O3. The highest BCUT2D eigenvalue weighted by atomic mass is 16.5. The third kappa shape index (κ3) is 2.96. The Hall–Kier alpha value is -1.59. The predicted molar refractivity (Wildman–Crippen MR) is 85.3 cm³/mol. The molecule has 5 nitrogen and oxygen atoms in total. The van der Waals surface area contributed by atoms with Gasteiger partial charge in [0, 0.05) is 19.2 Å². The van der Waals surface area contributed by atoms with Crippen molar-refractivity contribution < 1.29 is 14.3 Å². The van der Waals surface area contributed by atoms with E-state index in [-0.39, 0.29) is 24.1 Å². The lowest BCUT2D eigenvalue weighted by Crippen LogP contribution is -2.47. The number of methoxy groups -OCH3 is 1. The Bertz CT molecular complexity index is 528. The molecule has 1 amide bonds. The number of benzene rings is 1. The summed E-state index contributed by atoms with van der Waals surface area (Å²) in [6, 6.07) is 7.73. The van der Waals surface area contributed by atoms with Crippen molar-refractivity contribution in [1.29, 1.82) is 0 Å². The number of hydrogen-bond acceptors (Lipinski definition) is 4. The highest BCUT2D eigenvalue weighted by molar-refractivity contribution is 6.00. The topological polar surface area (TPSA) is 50.8 Å². The molecule has 22 heavy (non-hydrogen) atoms. The van der Waals surface area contributed by atoms with E-state index in [1.54, 1.807) is 7.11 Å². The van der Waals surface area contributed by atoms with Gasteiger partial charge in [-0.15, -0.1) is 0 Å². The minimum Gasteiger partial charge on any atom is -0.495 e. The summed E-state index contributed by atoms with van der Waals surface area (Å²) >= 11 is 0. The number of para-hydroxylation sites is 2. The molecule has 0 saturated carbocycles. The summed E-state index contributed by atoms with van der Waals surface area (Å²) in [5.74, 6) is 0.859. The Morgan fingerprint density at radius 3 is 2.91 bits per heavy atom. The van der Waals surface area contributed by atoms with Crippen LogP contribution in [0.2, 0.25) is 0 Å². The molecule has 2 heterocycles. The lowest BCUT2D eigenvalue weighted by atomic mass is 10.1. The molecule has 0 aliphatic carbocycles. The monoisotopic (exact) mass is 304 g/mol. The van der Waals surface area contributed by atoms with Crippen molar-refractivity contribution in [3.63, 3.8) is 0 Å². The lowest BCUT2D eigenvalue weighted by Gasteiger charge is -2.24. The first kappa shape index (κ1) is 15.3. The van der Waals surface area contributed by atoms with Crippen LogP contribution < -0.4 is 15.0 Å². The molecule has 2 saturated heterocycles. The highest BCUT2D eigenvalue weighted by Crippen LogP contribution is 2.31. The van der Waals surface area contributed by atoms with Gasteiger partial charge >= 0.3 is 0 Å². The van der Waals surface area contributed by atoms with Gasteiger partial charge in [-0.05, 0) is 38.3 Å². The molecule has 2 aliphatic rings. The number of nitrogens with zero attached hydrogens (tertiary/aromatic N) is 1. The second kappa shape index (κ2) is 6.67. The van der Waals surface area contributed by atoms with Crippen molar-refractivity contribution in [3.05, 3.63) is 24.3 Å². The van der Waals surface area contributed by atoms with E-state index in [0.717, 1.165) is 43.9 Å². The Kier molecular flexibility index (Phi) is 4.64. The van der Waals surface area contributed by atoms with E-state index in [4.69, 9.17) is 9.47 Å². The summed E-state index contributed by atoms with van der Waals surface area (Å²) < 4.78 is 11.1. The van der Waals surface area contributed by atoms with Crippen molar-refractivity contribution in [3.8, 4) is 5.75 Å². The molecule has 5 heteroatoms. The van der Waals surface area contributed by atoms with E-state index < -0.39 is 0 Å². The number of amides is 1. The average Bonchev–Trinajstić information content (AvgIpc) is 3.18. The van der Waals surface area contributed by atoms with Crippen LogP contribution in [0.5, 0.6) is 5.75 Å². The van der Waals surface area contributed by atoms with Crippen LogP contribution >= 0.6 is 0 Å². The summed E-state index contributed by atoms with van der Waals surface area (Å²) in [5, 5.41) is 3.45. The summed E-state index contributed by atoms with van der Waals surface area (Å²) in [6.07, 6.45) is 3.23. The van der Waals surface area contributed by atoms with Crippen LogP contribution in [-0.4, -0.2) is 44.4 Å². The van der Waals surface area contributed by atoms with E-state index in [0.29, 0.717) is 0 Å². The van der Waals surface area contributed by atoms with Gasteiger partial charge in [0.1, 0.15) is 5.75 Å². The van der Waals surface area contributed by atoms with Gasteiger partial charge in [0.05, 0.1) is 24.9 Å². The molecule has 2 aliphatic heterocycles. The van der Waals surface area contributed by atoms with E-state index in [2.05, 4.69) is 12.2 Å². The van der Waals surface area contributed by atoms with Gasteiger partial charge in [0.2, 0.25) is 5.91 Å². The smallest absolute Gasteiger partial charge is 0.244 e. The van der Waals surface area contributed by atoms with Crippen LogP contribution in [0.25, 0.3) is 0 Å². The van der Waals surface area contributed by atoms with Gasteiger partial charge in [-0.3, -0.25) is 4.79 Å². The number of rotatable bonds is 5. The van der Waals surface area contributed by atoms with Gasteiger partial charge in [0.25, 0.3) is 0 Å². The van der Waals surface area contributed by atoms with Crippen LogP contribution in [0.4, 0.5) is 5.69 Å². The quantitative estimate of drug-likeness (QED) is 0.903. The van der Waals surface area contributed by atoms with Crippen molar-refractivity contribution in [2.75, 3.05) is 25.2 Å². The van der Waals surface area contributed by atoms with E-state index >= 15 is 0 Å². The zero-order chi connectivity index (χ0) is 15.5. The maximum Gasteiger partial charge on any atom is 0.244 e. The van der Waals surface area contributed by atoms with Gasteiger partial charge in [-0.25, -0.2) is 0 Å². The Morgan fingerprint density at radius 2 is 2.18 bits per heavy atom. The fourth-order valence-electron chi connectivity index (χ4n) is 3.35. The van der Waals surface area contributed by atoms with Crippen molar-refractivity contribution in [2.45, 2.75) is 44.4 Å². The first-order valence-corrected chi connectivity index (χ1v) is 8.02. The molecule has 1 aromatic carbocycles. The summed E-state index contributed by atoms with van der Waals surface area (Å²) in [6.45, 7) is 3.66. The van der Waals surface area contributed by atoms with E-state index in [1.165, 1.54) is 0 Å². The Labute approximate surface area is 131 Å². The predicted octanol–water partition coefficient (Wildman–Crippen LogP) is 1.96. The highest BCUT2D eigenvalue weighted by Gasteiger charge is 2.36. The van der Waals surface area contributed by atoms with Gasteiger partial charge in [-0.1, -0.05) is 12.1 Å². The molecule has 0 bridgehead atoms. The first-order chi connectivity index (χ1) is 10.7. The molecule has 120 valence electrons. The normalized spacial score (nSPS) is 26.5. The molecule has 1 aromatic rings. The van der Waals surface area contributed by atoms with Crippen LogP contribution in [0.15, 0.2) is 24.3 Å². The zero-order valence-corrected chi connectivity index (χ0v) is 13.2. The van der Waals surface area contributed by atoms with Crippen LogP contribution in [-0.2, 0) is 9.53 Å². The standard InChI is InChI=1S/C17H24N2O3/c1-12(15-8-5-11-22-15)18-13-9-10-19(17(13)20)14-6-3-4-7-16(14)21-2/h3-4,6-7,12-13,15,18H,5,8-11H2,1-2H3. The maximum absolute atomic E-state index is 12.7.